The lowest BCUT2D eigenvalue weighted by Gasteiger charge is -2.14. The molecule has 0 aliphatic carbocycles. The highest BCUT2D eigenvalue weighted by Gasteiger charge is 2.41. The number of carbonyl (C=O) groups is 2. The normalized spacial score (nSPS) is 11.5. The minimum atomic E-state index is -5.38. The first kappa shape index (κ1) is 18.3. The van der Waals surface area contributed by atoms with Crippen LogP contribution in [0.4, 0.5) is 32.0 Å². The van der Waals surface area contributed by atoms with E-state index < -0.39 is 47.7 Å². The van der Waals surface area contributed by atoms with E-state index in [-0.39, 0.29) is 6.07 Å². The maximum Gasteiger partial charge on any atom is 0.573 e. The molecular formula is C12H6F6N2O3. The summed E-state index contributed by atoms with van der Waals surface area (Å²) in [7, 11) is 0. The summed E-state index contributed by atoms with van der Waals surface area (Å²) < 4.78 is 77.2. The van der Waals surface area contributed by atoms with E-state index in [1.165, 1.54) is 6.07 Å². The number of Topliss-reactive ketones (excluding diaryl/α,β-unsaturated/α-hetero) is 1. The van der Waals surface area contributed by atoms with Crippen LogP contribution in [0.1, 0.15) is 16.8 Å². The van der Waals surface area contributed by atoms with E-state index in [1.54, 1.807) is 0 Å². The van der Waals surface area contributed by atoms with Crippen LogP contribution in [0.2, 0.25) is 0 Å². The van der Waals surface area contributed by atoms with Crippen molar-refractivity contribution in [3.05, 3.63) is 23.8 Å². The molecule has 0 bridgehead atoms. The summed E-state index contributed by atoms with van der Waals surface area (Å²) in [5.41, 5.74) is -1.94. The molecule has 1 aromatic rings. The number of ether oxygens (including phenoxy) is 1. The zero-order chi connectivity index (χ0) is 17.8. The molecular weight excluding hydrogens is 334 g/mol. The van der Waals surface area contributed by atoms with Crippen molar-refractivity contribution in [2.24, 2.45) is 0 Å². The van der Waals surface area contributed by atoms with Crippen molar-refractivity contribution in [3.8, 4) is 11.8 Å². The molecule has 1 amide bonds. The summed E-state index contributed by atoms with van der Waals surface area (Å²) in [6, 6.07) is 2.86. The van der Waals surface area contributed by atoms with Crippen molar-refractivity contribution in [1.82, 2.24) is 0 Å². The van der Waals surface area contributed by atoms with Gasteiger partial charge in [0.2, 0.25) is 5.91 Å². The van der Waals surface area contributed by atoms with Gasteiger partial charge in [0.1, 0.15) is 12.2 Å². The first-order chi connectivity index (χ1) is 10.4. The third kappa shape index (κ3) is 5.50. The van der Waals surface area contributed by atoms with Crippen molar-refractivity contribution in [1.29, 1.82) is 5.26 Å². The van der Waals surface area contributed by atoms with Crippen LogP contribution in [0, 0.1) is 11.3 Å². The molecule has 0 unspecified atom stereocenters. The number of carbonyl (C=O) groups excluding carboxylic acids is 2. The molecule has 1 N–H and O–H groups in total. The third-order valence-electron chi connectivity index (χ3n) is 2.24. The number of halogens is 6. The molecule has 1 rings (SSSR count). The van der Waals surface area contributed by atoms with E-state index in [1.807, 2.05) is 5.32 Å². The van der Waals surface area contributed by atoms with E-state index in [0.29, 0.717) is 12.1 Å². The number of nitrogens with zero attached hydrogens (tertiary/aromatic N) is 1. The van der Waals surface area contributed by atoms with Gasteiger partial charge in [-0.2, -0.15) is 18.4 Å². The monoisotopic (exact) mass is 340 g/mol. The summed E-state index contributed by atoms with van der Waals surface area (Å²) >= 11 is 0. The molecule has 23 heavy (non-hydrogen) atoms. The molecule has 1 aromatic carbocycles. The number of alkyl halides is 6. The minimum absolute atomic E-state index is 0.200. The van der Waals surface area contributed by atoms with Crippen LogP contribution < -0.4 is 10.1 Å². The van der Waals surface area contributed by atoms with Crippen molar-refractivity contribution in [3.63, 3.8) is 0 Å². The van der Waals surface area contributed by atoms with Crippen LogP contribution in [0.25, 0.3) is 0 Å². The molecule has 0 aliphatic heterocycles. The highest BCUT2D eigenvalue weighted by atomic mass is 19.4. The largest absolute Gasteiger partial charge is 0.573 e. The summed E-state index contributed by atoms with van der Waals surface area (Å²) in [6.45, 7) is 0. The molecule has 124 valence electrons. The second kappa shape index (κ2) is 6.55. The molecule has 0 fully saturated rings. The Bertz CT molecular complexity index is 660. The fraction of sp³-hybridized carbons (Fsp3) is 0.250. The van der Waals surface area contributed by atoms with Gasteiger partial charge in [0.25, 0.3) is 5.78 Å². The summed E-state index contributed by atoms with van der Waals surface area (Å²) in [4.78, 5) is 22.5. The average Bonchev–Trinajstić information content (AvgIpc) is 2.37. The smallest absolute Gasteiger partial charge is 0.406 e. The second-order valence-corrected chi connectivity index (χ2v) is 3.97. The third-order valence-corrected chi connectivity index (χ3v) is 2.24. The number of rotatable bonds is 4. The average molecular weight is 340 g/mol. The summed E-state index contributed by atoms with van der Waals surface area (Å²) in [5, 5.41) is 10.1. The Morgan fingerprint density at radius 1 is 1.17 bits per heavy atom. The maximum atomic E-state index is 12.5. The highest BCUT2D eigenvalue weighted by molar-refractivity contribution is 6.08. The predicted octanol–water partition coefficient (Wildman–Crippen LogP) is 3.18. The lowest BCUT2D eigenvalue weighted by molar-refractivity contribution is -0.274. The topological polar surface area (TPSA) is 79.2 Å². The van der Waals surface area contributed by atoms with Gasteiger partial charge in [-0.1, -0.05) is 0 Å². The highest BCUT2D eigenvalue weighted by Crippen LogP contribution is 2.31. The number of amides is 1. The molecule has 0 saturated carbocycles. The fourth-order valence-corrected chi connectivity index (χ4v) is 1.44. The van der Waals surface area contributed by atoms with Crippen LogP contribution in [-0.4, -0.2) is 24.2 Å². The van der Waals surface area contributed by atoms with E-state index in [0.717, 1.165) is 0 Å². The number of hydrogen-bond acceptors (Lipinski definition) is 4. The quantitative estimate of drug-likeness (QED) is 0.674. The van der Waals surface area contributed by atoms with Gasteiger partial charge in [0.15, 0.2) is 0 Å². The molecule has 0 aliphatic rings. The van der Waals surface area contributed by atoms with Gasteiger partial charge in [0, 0.05) is 0 Å². The van der Waals surface area contributed by atoms with Crippen LogP contribution in [0.3, 0.4) is 0 Å². The van der Waals surface area contributed by atoms with E-state index in [4.69, 9.17) is 5.26 Å². The van der Waals surface area contributed by atoms with Gasteiger partial charge in [-0.15, -0.1) is 13.2 Å². The zero-order valence-corrected chi connectivity index (χ0v) is 10.9. The van der Waals surface area contributed by atoms with Gasteiger partial charge >= 0.3 is 12.5 Å². The van der Waals surface area contributed by atoms with Crippen molar-refractivity contribution in [2.75, 3.05) is 5.32 Å². The number of benzene rings is 1. The SMILES string of the molecule is N#CCC(=O)Nc1ccc(OC(F)(F)F)cc1C(=O)C(F)(F)F. The van der Waals surface area contributed by atoms with E-state index in [2.05, 4.69) is 4.74 Å². The first-order valence-electron chi connectivity index (χ1n) is 5.62. The predicted molar refractivity (Wildman–Crippen MR) is 62.4 cm³/mol. The zero-order valence-electron chi connectivity index (χ0n) is 10.9. The fourth-order valence-electron chi connectivity index (χ4n) is 1.44. The van der Waals surface area contributed by atoms with Gasteiger partial charge in [0.05, 0.1) is 17.3 Å². The standard InChI is InChI=1S/C12H6F6N2O3/c13-11(14,15)10(22)7-5-6(23-12(16,17)18)1-2-8(7)20-9(21)3-4-19/h1-2,5H,3H2,(H,20,21). The van der Waals surface area contributed by atoms with E-state index >= 15 is 0 Å². The Balaban J connectivity index is 3.27. The first-order valence-corrected chi connectivity index (χ1v) is 5.62. The van der Waals surface area contributed by atoms with E-state index in [9.17, 15) is 35.9 Å². The minimum Gasteiger partial charge on any atom is -0.406 e. The maximum absolute atomic E-state index is 12.5. The lowest BCUT2D eigenvalue weighted by atomic mass is 10.1. The van der Waals surface area contributed by atoms with Crippen LogP contribution in [0.5, 0.6) is 5.75 Å². The summed E-state index contributed by atoms with van der Waals surface area (Å²) in [6.07, 6.45) is -11.3. The van der Waals surface area contributed by atoms with Crippen LogP contribution in [0.15, 0.2) is 18.2 Å². The number of nitriles is 1. The number of anilines is 1. The molecule has 0 radical (unpaired) electrons. The molecule has 0 atom stereocenters. The van der Waals surface area contributed by atoms with Gasteiger partial charge in [-0.3, -0.25) is 9.59 Å². The Kier molecular flexibility index (Phi) is 5.21. The van der Waals surface area contributed by atoms with Crippen molar-refractivity contribution < 1.29 is 40.7 Å². The molecule has 0 aromatic heterocycles. The van der Waals surface area contributed by atoms with Gasteiger partial charge in [-0.05, 0) is 18.2 Å². The molecule has 11 heteroatoms. The Labute approximate surface area is 124 Å². The Morgan fingerprint density at radius 3 is 2.26 bits per heavy atom. The Hall–Kier alpha value is -2.77. The number of nitrogens with one attached hydrogen (secondary N) is 1. The molecule has 0 spiro atoms. The Morgan fingerprint density at radius 2 is 1.78 bits per heavy atom. The van der Waals surface area contributed by atoms with Crippen LogP contribution in [-0.2, 0) is 4.79 Å². The van der Waals surface area contributed by atoms with Crippen molar-refractivity contribution in [2.45, 2.75) is 19.0 Å². The lowest BCUT2D eigenvalue weighted by Crippen LogP contribution is -2.25. The van der Waals surface area contributed by atoms with Gasteiger partial charge < -0.3 is 10.1 Å². The molecule has 0 saturated heterocycles. The van der Waals surface area contributed by atoms with Gasteiger partial charge in [-0.25, -0.2) is 0 Å². The number of hydrogen-bond donors (Lipinski definition) is 1. The van der Waals surface area contributed by atoms with Crippen LogP contribution >= 0.6 is 0 Å². The molecule has 5 nitrogen and oxygen atoms in total. The number of ketones is 1. The summed E-state index contributed by atoms with van der Waals surface area (Å²) in [5.74, 6) is -4.58. The van der Waals surface area contributed by atoms with Crippen molar-refractivity contribution >= 4 is 17.4 Å². The molecule has 0 heterocycles. The second-order valence-electron chi connectivity index (χ2n) is 3.97.